The Balaban J connectivity index is 1.74. The van der Waals surface area contributed by atoms with Crippen LogP contribution in [-0.4, -0.2) is 71.3 Å². The van der Waals surface area contributed by atoms with Gasteiger partial charge in [0.2, 0.25) is 0 Å². The van der Waals surface area contributed by atoms with Gasteiger partial charge in [-0.25, -0.2) is 9.59 Å². The number of amides is 2. The van der Waals surface area contributed by atoms with Gasteiger partial charge in [-0.3, -0.25) is 9.59 Å². The van der Waals surface area contributed by atoms with Crippen molar-refractivity contribution in [3.8, 4) is 0 Å². The van der Waals surface area contributed by atoms with E-state index in [4.69, 9.17) is 14.2 Å². The Bertz CT molecular complexity index is 619. The van der Waals surface area contributed by atoms with Crippen molar-refractivity contribution in [2.24, 2.45) is 11.8 Å². The van der Waals surface area contributed by atoms with Crippen LogP contribution in [0.4, 0.5) is 9.59 Å². The summed E-state index contributed by atoms with van der Waals surface area (Å²) in [6.45, 7) is 12.4. The van der Waals surface area contributed by atoms with E-state index in [9.17, 15) is 19.2 Å². The monoisotopic (exact) mass is 440 g/mol. The number of piperidine rings is 2. The molecule has 2 aliphatic heterocycles. The number of rotatable bonds is 2. The molecule has 0 aromatic carbocycles. The standard InChI is InChI=1S/C22H36N2O7/c1-21(2,3)30-19(27)23-11-7-15(8-12-23)17(25)29-18(26)16-9-13-24(14-10-16)20(28)31-22(4,5)6/h15-16H,7-14H2,1-6H3. The van der Waals surface area contributed by atoms with Crippen LogP contribution in [0.2, 0.25) is 0 Å². The third-order valence-corrected chi connectivity index (χ3v) is 5.16. The van der Waals surface area contributed by atoms with Gasteiger partial charge in [-0.2, -0.15) is 0 Å². The molecule has 9 heteroatoms. The molecule has 2 saturated heterocycles. The third-order valence-electron chi connectivity index (χ3n) is 5.16. The van der Waals surface area contributed by atoms with Crippen molar-refractivity contribution >= 4 is 24.1 Å². The zero-order valence-corrected chi connectivity index (χ0v) is 19.6. The predicted octanol–water partition coefficient (Wildman–Crippen LogP) is 3.35. The molecule has 2 aliphatic rings. The summed E-state index contributed by atoms with van der Waals surface area (Å²) in [5.74, 6) is -1.90. The van der Waals surface area contributed by atoms with E-state index in [1.807, 2.05) is 0 Å². The van der Waals surface area contributed by atoms with E-state index in [0.717, 1.165) is 0 Å². The summed E-state index contributed by atoms with van der Waals surface area (Å²) in [7, 11) is 0. The molecule has 0 aliphatic carbocycles. The topological polar surface area (TPSA) is 102 Å². The van der Waals surface area contributed by atoms with E-state index in [0.29, 0.717) is 51.9 Å². The van der Waals surface area contributed by atoms with E-state index < -0.39 is 47.2 Å². The minimum atomic E-state index is -0.571. The highest BCUT2D eigenvalue weighted by Gasteiger charge is 2.35. The van der Waals surface area contributed by atoms with E-state index in [1.165, 1.54) is 0 Å². The van der Waals surface area contributed by atoms with Gasteiger partial charge in [-0.05, 0) is 67.2 Å². The Morgan fingerprint density at radius 1 is 0.613 bits per heavy atom. The number of ether oxygens (including phenoxy) is 3. The number of carbonyl (C=O) groups is 4. The zero-order chi connectivity index (χ0) is 23.4. The first-order chi connectivity index (χ1) is 14.2. The van der Waals surface area contributed by atoms with Gasteiger partial charge in [0.25, 0.3) is 0 Å². The molecule has 2 heterocycles. The molecule has 0 radical (unpaired) electrons. The SMILES string of the molecule is CC(C)(C)OC(=O)N1CCC(C(=O)OC(=O)C2CCN(C(=O)OC(C)(C)C)CC2)CC1. The van der Waals surface area contributed by atoms with Crippen LogP contribution in [0.15, 0.2) is 0 Å². The molecule has 0 aromatic heterocycles. The maximum absolute atomic E-state index is 12.4. The van der Waals surface area contributed by atoms with Gasteiger partial charge in [-0.15, -0.1) is 0 Å². The van der Waals surface area contributed by atoms with Crippen LogP contribution in [0, 0.1) is 11.8 Å². The minimum absolute atomic E-state index is 0.386. The van der Waals surface area contributed by atoms with Crippen molar-refractivity contribution in [2.75, 3.05) is 26.2 Å². The number of nitrogens with zero attached hydrogens (tertiary/aromatic N) is 2. The Labute approximate surface area is 184 Å². The van der Waals surface area contributed by atoms with Gasteiger partial charge in [0, 0.05) is 26.2 Å². The summed E-state index contributed by atoms with van der Waals surface area (Å²) in [5, 5.41) is 0. The quantitative estimate of drug-likeness (QED) is 0.368. The first-order valence-electron chi connectivity index (χ1n) is 11.0. The van der Waals surface area contributed by atoms with Crippen LogP contribution < -0.4 is 0 Å². The van der Waals surface area contributed by atoms with Crippen molar-refractivity contribution in [1.29, 1.82) is 0 Å². The van der Waals surface area contributed by atoms with Crippen LogP contribution in [0.1, 0.15) is 67.2 Å². The van der Waals surface area contributed by atoms with Crippen molar-refractivity contribution in [3.05, 3.63) is 0 Å². The summed E-state index contributed by atoms with van der Waals surface area (Å²) in [6.07, 6.45) is 0.940. The smallest absolute Gasteiger partial charge is 0.410 e. The van der Waals surface area contributed by atoms with Gasteiger partial charge in [0.1, 0.15) is 11.2 Å². The Hall–Kier alpha value is -2.32. The summed E-state index contributed by atoms with van der Waals surface area (Å²) in [4.78, 5) is 52.2. The number of likely N-dealkylation sites (tertiary alicyclic amines) is 2. The molecule has 176 valence electrons. The number of carbonyl (C=O) groups excluding carboxylic acids is 4. The fourth-order valence-corrected chi connectivity index (χ4v) is 3.51. The zero-order valence-electron chi connectivity index (χ0n) is 19.6. The Morgan fingerprint density at radius 2 is 0.903 bits per heavy atom. The molecule has 0 saturated carbocycles. The summed E-state index contributed by atoms with van der Waals surface area (Å²) in [6, 6.07) is 0. The molecule has 0 N–H and O–H groups in total. The molecular formula is C22H36N2O7. The van der Waals surface area contributed by atoms with E-state index in [-0.39, 0.29) is 0 Å². The molecule has 2 rings (SSSR count). The van der Waals surface area contributed by atoms with Crippen molar-refractivity contribution < 1.29 is 33.4 Å². The van der Waals surface area contributed by atoms with Gasteiger partial charge in [0.05, 0.1) is 11.8 Å². The Kier molecular flexibility index (Phi) is 7.94. The van der Waals surface area contributed by atoms with Crippen LogP contribution in [0.25, 0.3) is 0 Å². The van der Waals surface area contributed by atoms with Gasteiger partial charge >= 0.3 is 24.1 Å². The number of hydrogen-bond donors (Lipinski definition) is 0. The molecule has 0 atom stereocenters. The van der Waals surface area contributed by atoms with Crippen LogP contribution in [0.3, 0.4) is 0 Å². The summed E-state index contributed by atoms with van der Waals surface area (Å²) >= 11 is 0. The van der Waals surface area contributed by atoms with Gasteiger partial charge < -0.3 is 24.0 Å². The normalized spacial score (nSPS) is 19.0. The highest BCUT2D eigenvalue weighted by atomic mass is 16.6. The van der Waals surface area contributed by atoms with Crippen molar-refractivity contribution in [3.63, 3.8) is 0 Å². The van der Waals surface area contributed by atoms with Crippen molar-refractivity contribution in [1.82, 2.24) is 9.80 Å². The minimum Gasteiger partial charge on any atom is -0.444 e. The summed E-state index contributed by atoms with van der Waals surface area (Å²) in [5.41, 5.74) is -1.14. The number of hydrogen-bond acceptors (Lipinski definition) is 7. The third kappa shape index (κ3) is 8.03. The fourth-order valence-electron chi connectivity index (χ4n) is 3.51. The largest absolute Gasteiger partial charge is 0.444 e. The highest BCUT2D eigenvalue weighted by molar-refractivity contribution is 5.88. The first-order valence-corrected chi connectivity index (χ1v) is 11.0. The number of esters is 2. The second-order valence-electron chi connectivity index (χ2n) is 10.2. The first kappa shape index (κ1) is 24.9. The van der Waals surface area contributed by atoms with Gasteiger partial charge in [0.15, 0.2) is 0 Å². The molecule has 2 fully saturated rings. The lowest BCUT2D eigenvalue weighted by molar-refractivity contribution is -0.167. The second-order valence-corrected chi connectivity index (χ2v) is 10.2. The second kappa shape index (κ2) is 9.87. The molecule has 0 spiro atoms. The van der Waals surface area contributed by atoms with Crippen LogP contribution in [0.5, 0.6) is 0 Å². The van der Waals surface area contributed by atoms with Crippen LogP contribution in [-0.2, 0) is 23.8 Å². The van der Waals surface area contributed by atoms with Crippen molar-refractivity contribution in [2.45, 2.75) is 78.4 Å². The van der Waals surface area contributed by atoms with E-state index >= 15 is 0 Å². The molecule has 31 heavy (non-hydrogen) atoms. The molecule has 0 aromatic rings. The summed E-state index contributed by atoms with van der Waals surface area (Å²) < 4.78 is 15.8. The highest BCUT2D eigenvalue weighted by Crippen LogP contribution is 2.24. The molecule has 0 unspecified atom stereocenters. The van der Waals surface area contributed by atoms with E-state index in [1.54, 1.807) is 51.3 Å². The van der Waals surface area contributed by atoms with Crippen LogP contribution >= 0.6 is 0 Å². The van der Waals surface area contributed by atoms with Gasteiger partial charge in [-0.1, -0.05) is 0 Å². The Morgan fingerprint density at radius 3 is 1.16 bits per heavy atom. The lowest BCUT2D eigenvalue weighted by atomic mass is 9.96. The maximum atomic E-state index is 12.4. The lowest BCUT2D eigenvalue weighted by Gasteiger charge is -2.33. The average molecular weight is 441 g/mol. The fraction of sp³-hybridized carbons (Fsp3) is 0.818. The molecule has 9 nitrogen and oxygen atoms in total. The molecular weight excluding hydrogens is 404 g/mol. The van der Waals surface area contributed by atoms with E-state index in [2.05, 4.69) is 0 Å². The lowest BCUT2D eigenvalue weighted by Crippen LogP contribution is -2.44. The predicted molar refractivity (Wildman–Crippen MR) is 112 cm³/mol. The molecule has 0 bridgehead atoms. The molecule has 2 amide bonds. The maximum Gasteiger partial charge on any atom is 0.410 e. The average Bonchev–Trinajstić information content (AvgIpc) is 2.65.